The average Bonchev–Trinajstić information content (AvgIpc) is 3.28. The van der Waals surface area contributed by atoms with Gasteiger partial charge in [-0.05, 0) is 70.6 Å². The highest BCUT2D eigenvalue weighted by Gasteiger charge is 2.44. The first-order valence-electron chi connectivity index (χ1n) is 26.6. The lowest BCUT2D eigenvalue weighted by atomic mass is 9.99. The Morgan fingerprint density at radius 2 is 0.921 bits per heavy atom. The third-order valence-corrected chi connectivity index (χ3v) is 12.3. The zero-order valence-corrected chi connectivity index (χ0v) is 40.8. The molecule has 0 aromatic carbocycles. The maximum Gasteiger partial charge on any atom is 0.306 e. The maximum atomic E-state index is 12.8. The molecule has 0 aromatic rings. The predicted molar refractivity (Wildman–Crippen MR) is 261 cm³/mol. The Bertz CT molecular complexity index is 1060. The summed E-state index contributed by atoms with van der Waals surface area (Å²) >= 11 is 0. The zero-order valence-electron chi connectivity index (χ0n) is 40.8. The number of esters is 1. The molecule has 6 atom stereocenters. The number of unbranched alkanes of at least 4 members (excludes halogenated alkanes) is 29. The molecule has 1 fully saturated rings. The van der Waals surface area contributed by atoms with Crippen LogP contribution >= 0.6 is 0 Å². The lowest BCUT2D eigenvalue weighted by Gasteiger charge is -2.39. The van der Waals surface area contributed by atoms with Gasteiger partial charge in [0.25, 0.3) is 0 Å². The minimum atomic E-state index is -1.54. The summed E-state index contributed by atoms with van der Waals surface area (Å²) in [5, 5.41) is 40.3. The molecule has 0 bridgehead atoms. The normalized spacial score (nSPS) is 19.9. The van der Waals surface area contributed by atoms with E-state index in [0.717, 1.165) is 51.4 Å². The van der Waals surface area contributed by atoms with Crippen LogP contribution in [-0.2, 0) is 23.7 Å². The second-order valence-corrected chi connectivity index (χ2v) is 18.3. The number of carbonyl (C=O) groups is 1. The molecule has 0 spiro atoms. The van der Waals surface area contributed by atoms with Gasteiger partial charge in [-0.3, -0.25) is 4.79 Å². The molecule has 6 unspecified atom stereocenters. The molecule has 370 valence electrons. The van der Waals surface area contributed by atoms with Crippen molar-refractivity contribution < 1.29 is 44.2 Å². The topological polar surface area (TPSA) is 135 Å². The third-order valence-electron chi connectivity index (χ3n) is 12.3. The van der Waals surface area contributed by atoms with Crippen LogP contribution in [0.4, 0.5) is 0 Å². The fourth-order valence-corrected chi connectivity index (χ4v) is 8.11. The highest BCUT2D eigenvalue weighted by atomic mass is 16.7. The number of aliphatic hydroxyl groups is 4. The summed E-state index contributed by atoms with van der Waals surface area (Å²) in [6.45, 7) is 4.55. The third kappa shape index (κ3) is 36.2. The summed E-state index contributed by atoms with van der Waals surface area (Å²) in [6, 6.07) is 0. The fourth-order valence-electron chi connectivity index (χ4n) is 8.11. The average molecular weight is 893 g/mol. The van der Waals surface area contributed by atoms with Gasteiger partial charge in [-0.25, -0.2) is 0 Å². The van der Waals surface area contributed by atoms with Crippen molar-refractivity contribution in [1.82, 2.24) is 0 Å². The van der Waals surface area contributed by atoms with Crippen LogP contribution in [0.25, 0.3) is 0 Å². The van der Waals surface area contributed by atoms with E-state index in [4.69, 9.17) is 18.9 Å². The summed E-state index contributed by atoms with van der Waals surface area (Å²) in [5.41, 5.74) is 0. The van der Waals surface area contributed by atoms with Gasteiger partial charge in [0.2, 0.25) is 0 Å². The van der Waals surface area contributed by atoms with Crippen molar-refractivity contribution in [3.8, 4) is 0 Å². The molecule has 1 rings (SSSR count). The molecule has 1 aliphatic rings. The Labute approximate surface area is 387 Å². The highest BCUT2D eigenvalue weighted by molar-refractivity contribution is 5.69. The van der Waals surface area contributed by atoms with Crippen molar-refractivity contribution in [1.29, 1.82) is 0 Å². The Morgan fingerprint density at radius 3 is 1.40 bits per heavy atom. The zero-order chi connectivity index (χ0) is 45.7. The standard InChI is InChI=1S/C54H100O9/c1-3-5-7-9-11-13-15-17-19-21-22-23-24-25-26-27-29-31-33-35-37-39-41-43-50(56)62-48(47-61-54-53(59)52(58)51(57)49(45-55)63-54)46-60-44-42-40-38-36-34-32-30-28-20-18-16-14-12-10-8-6-4-2/h14,16,20-22,28,48-49,51-55,57-59H,3-13,15,17-19,23-27,29-47H2,1-2H3/b16-14-,22-21-,28-20-. The van der Waals surface area contributed by atoms with Crippen LogP contribution in [0.2, 0.25) is 0 Å². The first-order valence-corrected chi connectivity index (χ1v) is 26.6. The van der Waals surface area contributed by atoms with Gasteiger partial charge in [-0.1, -0.05) is 198 Å². The SMILES string of the molecule is CCCCCC/C=C\C/C=C\CCCCCCCCOCC(COC1OC(CO)C(O)C(O)C1O)OC(=O)CCCCCCCCCCCCC/C=C\CCCCCCCCCC. The second-order valence-electron chi connectivity index (χ2n) is 18.3. The number of aliphatic hydroxyl groups excluding tert-OH is 4. The lowest BCUT2D eigenvalue weighted by molar-refractivity contribution is -0.305. The van der Waals surface area contributed by atoms with Crippen molar-refractivity contribution in [3.63, 3.8) is 0 Å². The maximum absolute atomic E-state index is 12.8. The van der Waals surface area contributed by atoms with Gasteiger partial charge in [0, 0.05) is 13.0 Å². The van der Waals surface area contributed by atoms with Crippen molar-refractivity contribution in [2.24, 2.45) is 0 Å². The van der Waals surface area contributed by atoms with Gasteiger partial charge in [0.15, 0.2) is 6.29 Å². The van der Waals surface area contributed by atoms with Gasteiger partial charge in [-0.2, -0.15) is 0 Å². The molecule has 0 amide bonds. The van der Waals surface area contributed by atoms with E-state index in [1.165, 1.54) is 167 Å². The number of carbonyl (C=O) groups excluding carboxylic acids is 1. The Kier molecular flexibility index (Phi) is 43.0. The Balaban J connectivity index is 2.19. The van der Waals surface area contributed by atoms with Crippen molar-refractivity contribution in [3.05, 3.63) is 36.5 Å². The van der Waals surface area contributed by atoms with Crippen LogP contribution in [0.3, 0.4) is 0 Å². The predicted octanol–water partition coefficient (Wildman–Crippen LogP) is 13.1. The smallest absolute Gasteiger partial charge is 0.306 e. The number of ether oxygens (including phenoxy) is 4. The van der Waals surface area contributed by atoms with Crippen LogP contribution in [-0.4, -0.2) is 89.6 Å². The molecule has 0 radical (unpaired) electrons. The molecule has 9 nitrogen and oxygen atoms in total. The molecule has 0 saturated carbocycles. The molecule has 4 N–H and O–H groups in total. The van der Waals surface area contributed by atoms with Crippen molar-refractivity contribution >= 4 is 5.97 Å². The van der Waals surface area contributed by atoms with Crippen molar-refractivity contribution in [2.45, 2.75) is 275 Å². The number of hydrogen-bond donors (Lipinski definition) is 4. The monoisotopic (exact) mass is 893 g/mol. The van der Waals surface area contributed by atoms with Crippen LogP contribution in [0.15, 0.2) is 36.5 Å². The minimum absolute atomic E-state index is 0.116. The molecule has 1 heterocycles. The van der Waals surface area contributed by atoms with E-state index >= 15 is 0 Å². The van der Waals surface area contributed by atoms with E-state index in [1.807, 2.05) is 0 Å². The van der Waals surface area contributed by atoms with E-state index < -0.39 is 43.4 Å². The Morgan fingerprint density at radius 1 is 0.508 bits per heavy atom. The van der Waals surface area contributed by atoms with Crippen LogP contribution in [0.5, 0.6) is 0 Å². The summed E-state index contributed by atoms with van der Waals surface area (Å²) in [4.78, 5) is 12.8. The molecule has 0 aliphatic carbocycles. The Hall–Kier alpha value is -1.59. The fraction of sp³-hybridized carbons (Fsp3) is 0.870. The lowest BCUT2D eigenvalue weighted by Crippen LogP contribution is -2.59. The van der Waals surface area contributed by atoms with E-state index in [-0.39, 0.29) is 19.2 Å². The van der Waals surface area contributed by atoms with Gasteiger partial charge >= 0.3 is 5.97 Å². The summed E-state index contributed by atoms with van der Waals surface area (Å²) in [7, 11) is 0. The van der Waals surface area contributed by atoms with Crippen LogP contribution < -0.4 is 0 Å². The highest BCUT2D eigenvalue weighted by Crippen LogP contribution is 2.23. The summed E-state index contributed by atoms with van der Waals surface area (Å²) in [5.74, 6) is -0.316. The van der Waals surface area contributed by atoms with Crippen LogP contribution in [0.1, 0.15) is 239 Å². The van der Waals surface area contributed by atoms with Crippen LogP contribution in [0, 0.1) is 0 Å². The summed E-state index contributed by atoms with van der Waals surface area (Å²) < 4.78 is 22.9. The van der Waals surface area contributed by atoms with Gasteiger partial charge in [-0.15, -0.1) is 0 Å². The van der Waals surface area contributed by atoms with Gasteiger partial charge in [0.05, 0.1) is 19.8 Å². The first kappa shape index (κ1) is 59.4. The molecule has 63 heavy (non-hydrogen) atoms. The van der Waals surface area contributed by atoms with Gasteiger partial charge in [0.1, 0.15) is 30.5 Å². The van der Waals surface area contributed by atoms with E-state index in [9.17, 15) is 25.2 Å². The molecule has 0 aromatic heterocycles. The summed E-state index contributed by atoms with van der Waals surface area (Å²) in [6.07, 6.45) is 48.9. The quantitative estimate of drug-likeness (QED) is 0.0268. The molecule has 1 aliphatic heterocycles. The number of hydrogen-bond acceptors (Lipinski definition) is 9. The van der Waals surface area contributed by atoms with E-state index in [1.54, 1.807) is 0 Å². The van der Waals surface area contributed by atoms with Gasteiger partial charge < -0.3 is 39.4 Å². The number of allylic oxidation sites excluding steroid dienone is 6. The van der Waals surface area contributed by atoms with E-state index in [0.29, 0.717) is 13.0 Å². The first-order chi connectivity index (χ1) is 30.9. The second kappa shape index (κ2) is 45.6. The van der Waals surface area contributed by atoms with Crippen molar-refractivity contribution in [2.75, 3.05) is 26.4 Å². The molecular weight excluding hydrogens is 793 g/mol. The minimum Gasteiger partial charge on any atom is -0.457 e. The molecule has 1 saturated heterocycles. The molecular formula is C54H100O9. The largest absolute Gasteiger partial charge is 0.457 e. The molecule has 9 heteroatoms. The number of rotatable bonds is 46. The van der Waals surface area contributed by atoms with E-state index in [2.05, 4.69) is 50.3 Å².